The Morgan fingerprint density at radius 1 is 1.00 bits per heavy atom. The molecule has 0 spiro atoms. The second-order valence-electron chi connectivity index (χ2n) is 9.92. The molecule has 1 aromatic heterocycles. The number of benzene rings is 3. The van der Waals surface area contributed by atoms with Gasteiger partial charge in [0.25, 0.3) is 5.91 Å². The molecule has 1 saturated heterocycles. The van der Waals surface area contributed by atoms with Gasteiger partial charge in [-0.2, -0.15) is 0 Å². The summed E-state index contributed by atoms with van der Waals surface area (Å²) in [5.74, 6) is -1.49. The molecule has 1 aliphatic rings. The first-order valence-electron chi connectivity index (χ1n) is 13.4. The molecule has 1 aliphatic heterocycles. The van der Waals surface area contributed by atoms with Gasteiger partial charge in [-0.1, -0.05) is 36.8 Å². The van der Waals surface area contributed by atoms with Gasteiger partial charge in [-0.15, -0.1) is 0 Å². The maximum atomic E-state index is 12.6. The number of rotatable bonds is 9. The van der Waals surface area contributed by atoms with Crippen molar-refractivity contribution in [3.05, 3.63) is 94.5 Å². The van der Waals surface area contributed by atoms with E-state index in [0.717, 1.165) is 25.2 Å². The molecule has 2 heterocycles. The van der Waals surface area contributed by atoms with Crippen molar-refractivity contribution in [2.75, 3.05) is 26.2 Å². The maximum Gasteiger partial charge on any atom is 0.336 e. The van der Waals surface area contributed by atoms with Crippen LogP contribution in [0.25, 0.3) is 10.9 Å². The molecule has 4 N–H and O–H groups in total. The number of hydroxylamine groups is 1. The molecule has 0 bridgehead atoms. The number of aryl methyl sites for hydroxylation is 1. The van der Waals surface area contributed by atoms with Crippen LogP contribution in [0, 0.1) is 6.92 Å². The van der Waals surface area contributed by atoms with Crippen molar-refractivity contribution >= 4 is 34.2 Å². The number of carbonyl (C=O) groups is 2. The molecule has 9 nitrogen and oxygen atoms in total. The predicted octanol–water partition coefficient (Wildman–Crippen LogP) is 5.20. The van der Waals surface area contributed by atoms with Crippen molar-refractivity contribution in [2.24, 2.45) is 4.99 Å². The van der Waals surface area contributed by atoms with Crippen molar-refractivity contribution in [3.8, 4) is 5.88 Å². The van der Waals surface area contributed by atoms with E-state index in [1.165, 1.54) is 25.3 Å². The molecular weight excluding hydrogens is 508 g/mol. The van der Waals surface area contributed by atoms with Crippen molar-refractivity contribution in [3.63, 3.8) is 0 Å². The van der Waals surface area contributed by atoms with Gasteiger partial charge in [0.05, 0.1) is 29.1 Å². The fourth-order valence-electron chi connectivity index (χ4n) is 5.02. The van der Waals surface area contributed by atoms with E-state index in [0.29, 0.717) is 45.6 Å². The zero-order chi connectivity index (χ0) is 28.1. The number of carboxylic acids is 1. The van der Waals surface area contributed by atoms with Crippen LogP contribution >= 0.6 is 0 Å². The standard InChI is InChI=1S/C31H32N4O5/c1-20-18-25-26(19-24(20)31(38)39)33-30(37)27(25)28(21-8-4-2-5-9-21)32-23-12-10-22(11-13-23)29(36)34-40-17-16-35-14-6-3-7-15-35/h2,4-5,8-13,18-19,33,37H,3,6-7,14-17H2,1H3,(H,34,36)(H,38,39). The summed E-state index contributed by atoms with van der Waals surface area (Å²) >= 11 is 0. The Labute approximate surface area is 232 Å². The van der Waals surface area contributed by atoms with E-state index >= 15 is 0 Å². The number of aromatic nitrogens is 1. The summed E-state index contributed by atoms with van der Waals surface area (Å²) in [5, 5.41) is 21.1. The summed E-state index contributed by atoms with van der Waals surface area (Å²) < 4.78 is 0. The molecule has 0 unspecified atom stereocenters. The molecule has 5 rings (SSSR count). The lowest BCUT2D eigenvalue weighted by molar-refractivity contribution is 0.0206. The molecule has 40 heavy (non-hydrogen) atoms. The Kier molecular flexibility index (Phi) is 8.23. The molecule has 1 fully saturated rings. The lowest BCUT2D eigenvalue weighted by Crippen LogP contribution is -2.35. The van der Waals surface area contributed by atoms with Crippen LogP contribution in [0.15, 0.2) is 71.7 Å². The van der Waals surface area contributed by atoms with E-state index in [-0.39, 0.29) is 17.4 Å². The highest BCUT2D eigenvalue weighted by Gasteiger charge is 2.21. The number of hydrogen-bond donors (Lipinski definition) is 4. The molecule has 0 saturated carbocycles. The van der Waals surface area contributed by atoms with Crippen molar-refractivity contribution in [1.29, 1.82) is 0 Å². The Bertz CT molecular complexity index is 1540. The van der Waals surface area contributed by atoms with Crippen LogP contribution in [0.4, 0.5) is 5.69 Å². The Morgan fingerprint density at radius 3 is 2.42 bits per heavy atom. The number of piperidine rings is 1. The molecule has 0 radical (unpaired) electrons. The summed E-state index contributed by atoms with van der Waals surface area (Å²) in [5.41, 5.74) is 6.48. The van der Waals surface area contributed by atoms with Gasteiger partial charge in [-0.3, -0.25) is 9.63 Å². The third kappa shape index (κ3) is 6.06. The SMILES string of the molecule is Cc1cc2c(C(=Nc3ccc(C(=O)NOCCN4CCCCC4)cc3)c3ccccc3)c(O)[nH]c2cc1C(=O)O. The van der Waals surface area contributed by atoms with Gasteiger partial charge in [0, 0.05) is 28.6 Å². The number of likely N-dealkylation sites (tertiary alicyclic amines) is 1. The minimum absolute atomic E-state index is 0.114. The second kappa shape index (κ2) is 12.1. The Hall–Kier alpha value is -4.47. The maximum absolute atomic E-state index is 12.6. The number of aromatic hydroxyl groups is 1. The first kappa shape index (κ1) is 27.1. The molecule has 0 aliphatic carbocycles. The molecule has 4 aromatic rings. The number of nitrogens with one attached hydrogen (secondary N) is 2. The van der Waals surface area contributed by atoms with E-state index in [4.69, 9.17) is 9.83 Å². The summed E-state index contributed by atoms with van der Waals surface area (Å²) in [6.07, 6.45) is 3.69. The van der Waals surface area contributed by atoms with Crippen LogP contribution < -0.4 is 5.48 Å². The number of carbonyl (C=O) groups excluding carboxylic acids is 1. The lowest BCUT2D eigenvalue weighted by Gasteiger charge is -2.25. The van der Waals surface area contributed by atoms with Gasteiger partial charge in [0.2, 0.25) is 0 Å². The summed E-state index contributed by atoms with van der Waals surface area (Å²) in [7, 11) is 0. The lowest BCUT2D eigenvalue weighted by atomic mass is 9.98. The van der Waals surface area contributed by atoms with Gasteiger partial charge in [0.15, 0.2) is 5.88 Å². The predicted molar refractivity (Wildman–Crippen MR) is 154 cm³/mol. The van der Waals surface area contributed by atoms with Crippen molar-refractivity contribution < 1.29 is 24.6 Å². The van der Waals surface area contributed by atoms with Gasteiger partial charge < -0.3 is 20.1 Å². The number of nitrogens with zero attached hydrogens (tertiary/aromatic N) is 2. The molecular formula is C31H32N4O5. The van der Waals surface area contributed by atoms with E-state index in [1.54, 1.807) is 37.3 Å². The van der Waals surface area contributed by atoms with Crippen LogP contribution in [-0.4, -0.2) is 63.9 Å². The summed E-state index contributed by atoms with van der Waals surface area (Å²) in [4.78, 5) is 39.7. The number of H-pyrrole nitrogens is 1. The smallest absolute Gasteiger partial charge is 0.336 e. The van der Waals surface area contributed by atoms with Gasteiger partial charge >= 0.3 is 5.97 Å². The largest absolute Gasteiger partial charge is 0.494 e. The average Bonchev–Trinajstić information content (AvgIpc) is 3.28. The quantitative estimate of drug-likeness (QED) is 0.131. The highest BCUT2D eigenvalue weighted by Crippen LogP contribution is 2.33. The van der Waals surface area contributed by atoms with Crippen LogP contribution in [0.1, 0.15) is 56.7 Å². The van der Waals surface area contributed by atoms with Crippen LogP contribution in [0.3, 0.4) is 0 Å². The highest BCUT2D eigenvalue weighted by molar-refractivity contribution is 6.22. The zero-order valence-corrected chi connectivity index (χ0v) is 22.3. The summed E-state index contributed by atoms with van der Waals surface area (Å²) in [6.45, 7) is 5.08. The van der Waals surface area contributed by atoms with Gasteiger partial charge in [-0.25, -0.2) is 15.3 Å². The normalized spacial score (nSPS) is 14.4. The zero-order valence-electron chi connectivity index (χ0n) is 22.3. The number of aliphatic imine (C=N–C) groups is 1. The number of aromatic amines is 1. The minimum Gasteiger partial charge on any atom is -0.494 e. The van der Waals surface area contributed by atoms with Crippen molar-refractivity contribution in [1.82, 2.24) is 15.4 Å². The Balaban J connectivity index is 1.38. The van der Waals surface area contributed by atoms with Crippen LogP contribution in [0.5, 0.6) is 5.88 Å². The highest BCUT2D eigenvalue weighted by atomic mass is 16.7. The van der Waals surface area contributed by atoms with Gasteiger partial charge in [0.1, 0.15) is 0 Å². The van der Waals surface area contributed by atoms with Crippen LogP contribution in [0.2, 0.25) is 0 Å². The van der Waals surface area contributed by atoms with E-state index in [1.807, 2.05) is 30.3 Å². The summed E-state index contributed by atoms with van der Waals surface area (Å²) in [6, 6.07) is 19.5. The van der Waals surface area contributed by atoms with Gasteiger partial charge in [-0.05, 0) is 74.8 Å². The first-order chi connectivity index (χ1) is 19.4. The minimum atomic E-state index is -1.04. The Morgan fingerprint density at radius 2 is 1.73 bits per heavy atom. The topological polar surface area (TPSA) is 127 Å². The average molecular weight is 541 g/mol. The van der Waals surface area contributed by atoms with Crippen LogP contribution in [-0.2, 0) is 4.84 Å². The van der Waals surface area contributed by atoms with E-state index in [2.05, 4.69) is 15.4 Å². The molecule has 9 heteroatoms. The number of hydrogen-bond acceptors (Lipinski definition) is 6. The fourth-order valence-corrected chi connectivity index (χ4v) is 5.02. The molecule has 206 valence electrons. The molecule has 1 amide bonds. The fraction of sp³-hybridized carbons (Fsp3) is 0.258. The van der Waals surface area contributed by atoms with Crippen molar-refractivity contribution in [2.45, 2.75) is 26.2 Å². The first-order valence-corrected chi connectivity index (χ1v) is 13.4. The number of carboxylic acid groups (broad SMARTS) is 1. The number of aromatic carboxylic acids is 1. The molecule has 0 atom stereocenters. The number of fused-ring (bicyclic) bond motifs is 1. The number of amides is 1. The molecule has 3 aromatic carbocycles. The third-order valence-electron chi connectivity index (χ3n) is 7.13. The second-order valence-corrected chi connectivity index (χ2v) is 9.92. The monoisotopic (exact) mass is 540 g/mol. The van der Waals surface area contributed by atoms with E-state index < -0.39 is 5.97 Å². The third-order valence-corrected chi connectivity index (χ3v) is 7.13. The van der Waals surface area contributed by atoms with E-state index in [9.17, 15) is 19.8 Å².